The van der Waals surface area contributed by atoms with Crippen LogP contribution < -0.4 is 21.7 Å². The van der Waals surface area contributed by atoms with Gasteiger partial charge in [0.2, 0.25) is 17.7 Å². The molecule has 1 aromatic carbocycles. The summed E-state index contributed by atoms with van der Waals surface area (Å²) in [5.74, 6) is -1.01. The van der Waals surface area contributed by atoms with Crippen LogP contribution in [0.15, 0.2) is 41.0 Å². The SMILES string of the molecule is CC(C)[C@@H]1NC(=O)[C@@H](N)CCCCNC(=O)c2coc(n2)[C@@H](Cc2ccccc2)NC1=O. The number of nitrogens with two attached hydrogens (primary N) is 1. The average Bonchev–Trinajstić information content (AvgIpc) is 3.26. The van der Waals surface area contributed by atoms with Crippen molar-refractivity contribution in [1.29, 1.82) is 0 Å². The van der Waals surface area contributed by atoms with Crippen molar-refractivity contribution < 1.29 is 18.8 Å². The zero-order valence-corrected chi connectivity index (χ0v) is 18.5. The van der Waals surface area contributed by atoms with Gasteiger partial charge in [0.05, 0.1) is 6.04 Å². The molecule has 9 nitrogen and oxygen atoms in total. The highest BCUT2D eigenvalue weighted by Crippen LogP contribution is 2.19. The number of benzene rings is 1. The van der Waals surface area contributed by atoms with Crippen molar-refractivity contribution in [3.05, 3.63) is 53.7 Å². The van der Waals surface area contributed by atoms with E-state index in [0.29, 0.717) is 32.2 Å². The summed E-state index contributed by atoms with van der Waals surface area (Å²) in [5, 5.41) is 8.52. The van der Waals surface area contributed by atoms with E-state index in [1.165, 1.54) is 6.26 Å². The van der Waals surface area contributed by atoms with Gasteiger partial charge in [-0.25, -0.2) is 4.98 Å². The topological polar surface area (TPSA) is 139 Å². The molecule has 1 aliphatic heterocycles. The number of carbonyl (C=O) groups is 3. The lowest BCUT2D eigenvalue weighted by Crippen LogP contribution is -2.54. The maximum Gasteiger partial charge on any atom is 0.273 e. The Hall–Kier alpha value is -3.20. The van der Waals surface area contributed by atoms with Crippen molar-refractivity contribution in [3.63, 3.8) is 0 Å². The highest BCUT2D eigenvalue weighted by molar-refractivity contribution is 5.92. The maximum atomic E-state index is 13.2. The Morgan fingerprint density at radius 1 is 1.09 bits per heavy atom. The summed E-state index contributed by atoms with van der Waals surface area (Å²) in [6.45, 7) is 4.15. The van der Waals surface area contributed by atoms with Crippen LogP contribution >= 0.6 is 0 Å². The Bertz CT molecular complexity index is 927. The van der Waals surface area contributed by atoms with E-state index >= 15 is 0 Å². The van der Waals surface area contributed by atoms with Gasteiger partial charge in [0.1, 0.15) is 18.3 Å². The van der Waals surface area contributed by atoms with Gasteiger partial charge in [-0.2, -0.15) is 0 Å². The largest absolute Gasteiger partial charge is 0.446 e. The highest BCUT2D eigenvalue weighted by atomic mass is 16.3. The summed E-state index contributed by atoms with van der Waals surface area (Å²) in [6.07, 6.45) is 3.49. The van der Waals surface area contributed by atoms with Gasteiger partial charge in [-0.15, -0.1) is 0 Å². The van der Waals surface area contributed by atoms with E-state index in [9.17, 15) is 14.4 Å². The van der Waals surface area contributed by atoms with Gasteiger partial charge in [0.15, 0.2) is 5.69 Å². The molecule has 1 aliphatic rings. The van der Waals surface area contributed by atoms with E-state index in [1.807, 2.05) is 44.2 Å². The number of fused-ring (bicyclic) bond motifs is 2. The molecule has 172 valence electrons. The van der Waals surface area contributed by atoms with Crippen molar-refractivity contribution in [2.24, 2.45) is 11.7 Å². The Balaban J connectivity index is 1.91. The van der Waals surface area contributed by atoms with Crippen LogP contribution in [-0.4, -0.2) is 41.3 Å². The van der Waals surface area contributed by atoms with Gasteiger partial charge in [-0.3, -0.25) is 14.4 Å². The number of amides is 3. The molecular formula is C23H31N5O4. The molecule has 0 fully saturated rings. The third-order valence-electron chi connectivity index (χ3n) is 5.46. The molecular weight excluding hydrogens is 410 g/mol. The minimum atomic E-state index is -0.766. The average molecular weight is 442 g/mol. The number of aromatic nitrogens is 1. The van der Waals surface area contributed by atoms with E-state index in [1.54, 1.807) is 0 Å². The van der Waals surface area contributed by atoms with Gasteiger partial charge in [-0.05, 0) is 30.7 Å². The number of carbonyl (C=O) groups excluding carboxylic acids is 3. The quantitative estimate of drug-likeness (QED) is 0.569. The molecule has 3 atom stereocenters. The number of nitrogens with zero attached hydrogens (tertiary/aromatic N) is 1. The van der Waals surface area contributed by atoms with E-state index in [2.05, 4.69) is 20.9 Å². The standard InChI is InChI=1S/C23H31N5O4/c1-14(2)19-22(31)26-17(12-15-8-4-3-5-9-15)23-27-18(13-32-23)21(30)25-11-7-6-10-16(24)20(29)28-19/h3-5,8-9,13-14,16-17,19H,6-7,10-12,24H2,1-2H3,(H,25,30)(H,26,31)(H,28,29)/t16-,17+,19-/m0/s1. The van der Waals surface area contributed by atoms with Crippen LogP contribution in [0.2, 0.25) is 0 Å². The van der Waals surface area contributed by atoms with Crippen LogP contribution in [0.3, 0.4) is 0 Å². The molecule has 2 bridgehead atoms. The Labute approximate surface area is 187 Å². The predicted molar refractivity (Wildman–Crippen MR) is 118 cm³/mol. The summed E-state index contributed by atoms with van der Waals surface area (Å²) in [5.41, 5.74) is 7.14. The van der Waals surface area contributed by atoms with E-state index in [0.717, 1.165) is 5.56 Å². The van der Waals surface area contributed by atoms with Crippen LogP contribution in [0.4, 0.5) is 0 Å². The van der Waals surface area contributed by atoms with Gasteiger partial charge in [0.25, 0.3) is 5.91 Å². The van der Waals surface area contributed by atoms with E-state index < -0.39 is 18.1 Å². The summed E-state index contributed by atoms with van der Waals surface area (Å²) in [7, 11) is 0. The lowest BCUT2D eigenvalue weighted by molar-refractivity contribution is -0.131. The fraction of sp³-hybridized carbons (Fsp3) is 0.478. The van der Waals surface area contributed by atoms with Crippen molar-refractivity contribution in [3.8, 4) is 0 Å². The zero-order chi connectivity index (χ0) is 23.1. The molecule has 0 aliphatic carbocycles. The first-order valence-electron chi connectivity index (χ1n) is 11.0. The first-order chi connectivity index (χ1) is 15.3. The molecule has 0 saturated carbocycles. The van der Waals surface area contributed by atoms with Crippen LogP contribution in [0.25, 0.3) is 0 Å². The first kappa shape index (κ1) is 23.5. The normalized spacial score (nSPS) is 23.4. The number of hydrogen-bond acceptors (Lipinski definition) is 6. The van der Waals surface area contributed by atoms with Gasteiger partial charge >= 0.3 is 0 Å². The lowest BCUT2D eigenvalue weighted by Gasteiger charge is -2.26. The van der Waals surface area contributed by atoms with Crippen LogP contribution in [0.1, 0.15) is 61.1 Å². The molecule has 2 heterocycles. The molecule has 0 spiro atoms. The van der Waals surface area contributed by atoms with Crippen LogP contribution in [0, 0.1) is 5.92 Å². The lowest BCUT2D eigenvalue weighted by atomic mass is 10.0. The Morgan fingerprint density at radius 2 is 1.84 bits per heavy atom. The van der Waals surface area contributed by atoms with E-state index in [4.69, 9.17) is 10.2 Å². The highest BCUT2D eigenvalue weighted by Gasteiger charge is 2.30. The molecule has 0 radical (unpaired) electrons. The Kier molecular flexibility index (Phi) is 7.99. The molecule has 3 rings (SSSR count). The minimum Gasteiger partial charge on any atom is -0.446 e. The third-order valence-corrected chi connectivity index (χ3v) is 5.46. The maximum absolute atomic E-state index is 13.2. The second-order valence-electron chi connectivity index (χ2n) is 8.41. The molecule has 32 heavy (non-hydrogen) atoms. The molecule has 9 heteroatoms. The van der Waals surface area contributed by atoms with Crippen LogP contribution in [-0.2, 0) is 16.0 Å². The molecule has 0 saturated heterocycles. The first-order valence-corrected chi connectivity index (χ1v) is 11.0. The van der Waals surface area contributed by atoms with Crippen LogP contribution in [0.5, 0.6) is 0 Å². The predicted octanol–water partition coefficient (Wildman–Crippen LogP) is 1.46. The fourth-order valence-electron chi connectivity index (χ4n) is 3.57. The minimum absolute atomic E-state index is 0.157. The van der Waals surface area contributed by atoms with Crippen molar-refractivity contribution >= 4 is 17.7 Å². The van der Waals surface area contributed by atoms with Crippen molar-refractivity contribution in [2.75, 3.05) is 6.54 Å². The molecule has 3 amide bonds. The molecule has 2 aromatic rings. The summed E-state index contributed by atoms with van der Waals surface area (Å²) < 4.78 is 5.58. The molecule has 0 unspecified atom stereocenters. The van der Waals surface area contributed by atoms with Gasteiger partial charge in [-0.1, -0.05) is 44.2 Å². The monoisotopic (exact) mass is 441 g/mol. The summed E-state index contributed by atoms with van der Waals surface area (Å²) in [6, 6.07) is 7.47. The fourth-order valence-corrected chi connectivity index (χ4v) is 3.57. The summed E-state index contributed by atoms with van der Waals surface area (Å²) in [4.78, 5) is 42.5. The van der Waals surface area contributed by atoms with Gasteiger partial charge < -0.3 is 26.1 Å². The number of rotatable bonds is 3. The molecule has 1 aromatic heterocycles. The zero-order valence-electron chi connectivity index (χ0n) is 18.5. The molecule has 5 N–H and O–H groups in total. The second kappa shape index (κ2) is 10.9. The second-order valence-corrected chi connectivity index (χ2v) is 8.41. The Morgan fingerprint density at radius 3 is 2.56 bits per heavy atom. The third kappa shape index (κ3) is 6.16. The number of hydrogen-bond donors (Lipinski definition) is 4. The van der Waals surface area contributed by atoms with Crippen molar-refractivity contribution in [2.45, 2.75) is 57.7 Å². The number of oxazole rings is 1. The van der Waals surface area contributed by atoms with Gasteiger partial charge in [0, 0.05) is 13.0 Å². The van der Waals surface area contributed by atoms with E-state index in [-0.39, 0.29) is 35.2 Å². The number of nitrogens with one attached hydrogen (secondary N) is 3. The van der Waals surface area contributed by atoms with Crippen molar-refractivity contribution in [1.82, 2.24) is 20.9 Å². The smallest absolute Gasteiger partial charge is 0.273 e. The summed E-state index contributed by atoms with van der Waals surface area (Å²) >= 11 is 0.